The van der Waals surface area contributed by atoms with Gasteiger partial charge in [-0.05, 0) is 59.7 Å². The normalized spacial score (nSPS) is 13.6. The highest BCUT2D eigenvalue weighted by atomic mass is 32.2. The summed E-state index contributed by atoms with van der Waals surface area (Å²) in [7, 11) is 0. The molecule has 0 saturated heterocycles. The summed E-state index contributed by atoms with van der Waals surface area (Å²) in [6.45, 7) is 0. The van der Waals surface area contributed by atoms with Crippen LogP contribution in [0, 0.1) is 0 Å². The molecule has 9 heteroatoms. The highest BCUT2D eigenvalue weighted by molar-refractivity contribution is 7.99. The van der Waals surface area contributed by atoms with Crippen molar-refractivity contribution in [2.75, 3.05) is 0 Å². The molecule has 238 valence electrons. The Balaban J connectivity index is 1.14. The largest absolute Gasteiger partial charge is 0.455 e. The van der Waals surface area contributed by atoms with Gasteiger partial charge < -0.3 is 9.47 Å². The maximum atomic E-state index is 14.1. The number of esters is 1. The zero-order valence-electron chi connectivity index (χ0n) is 26.0. The van der Waals surface area contributed by atoms with E-state index >= 15 is 0 Å². The first kappa shape index (κ1) is 30.3. The molecule has 3 heterocycles. The van der Waals surface area contributed by atoms with E-state index in [4.69, 9.17) is 9.47 Å². The summed E-state index contributed by atoms with van der Waals surface area (Å²) in [5.74, 6) is -0.279. The number of carbonyl (C=O) groups is 3. The standard InChI is InChI=1S/C40H27N3O5S/c44-38-29-15-7-8-16-30(29)39(45)43(38)32(22-26-13-5-2-6-14-26)40(46)48-37-28(21-25-11-3-1-4-12-25)23-31(41-42-37)27-19-20-34-36(24-27)49-35-18-10-9-17-33(35)47-34/h1-20,23-24,32H,21-22H2. The molecule has 0 N–H and O–H groups in total. The SMILES string of the molecule is O=C(Oc1nnc(-c2ccc3c(c2)Sc2ccccc2O3)cc1Cc1ccccc1)C(Cc1ccccc1)N1C(=O)c2ccccc2C1=O. The van der Waals surface area contributed by atoms with E-state index in [9.17, 15) is 14.4 Å². The van der Waals surface area contributed by atoms with Crippen molar-refractivity contribution in [3.8, 4) is 28.6 Å². The van der Waals surface area contributed by atoms with Gasteiger partial charge in [0.15, 0.2) is 0 Å². The van der Waals surface area contributed by atoms with Crippen LogP contribution in [0.4, 0.5) is 0 Å². The summed E-state index contributed by atoms with van der Waals surface area (Å²) in [5.41, 5.74) is 4.29. The third-order valence-corrected chi connectivity index (χ3v) is 9.57. The van der Waals surface area contributed by atoms with E-state index in [2.05, 4.69) is 10.2 Å². The van der Waals surface area contributed by atoms with Gasteiger partial charge in [0.05, 0.1) is 26.6 Å². The molecule has 5 aromatic carbocycles. The number of amides is 2. The van der Waals surface area contributed by atoms with E-state index < -0.39 is 23.8 Å². The fraction of sp³-hybridized carbons (Fsp3) is 0.0750. The molecule has 1 unspecified atom stereocenters. The van der Waals surface area contributed by atoms with E-state index in [1.54, 1.807) is 36.0 Å². The molecule has 0 spiro atoms. The minimum atomic E-state index is -1.23. The van der Waals surface area contributed by atoms with Gasteiger partial charge in [-0.1, -0.05) is 96.7 Å². The van der Waals surface area contributed by atoms with Crippen molar-refractivity contribution >= 4 is 29.5 Å². The molecular formula is C40H27N3O5S. The molecule has 0 saturated carbocycles. The summed E-state index contributed by atoms with van der Waals surface area (Å²) in [4.78, 5) is 44.2. The van der Waals surface area contributed by atoms with Gasteiger partial charge >= 0.3 is 5.97 Å². The maximum Gasteiger partial charge on any atom is 0.336 e. The second-order valence-electron chi connectivity index (χ2n) is 11.7. The number of aromatic nitrogens is 2. The zero-order chi connectivity index (χ0) is 33.3. The van der Waals surface area contributed by atoms with Crippen LogP contribution in [0.25, 0.3) is 11.3 Å². The van der Waals surface area contributed by atoms with Crippen LogP contribution in [0.1, 0.15) is 37.4 Å². The number of benzene rings is 5. The number of carbonyl (C=O) groups excluding carboxylic acids is 3. The number of hydrogen-bond donors (Lipinski definition) is 0. The summed E-state index contributed by atoms with van der Waals surface area (Å²) in [5, 5.41) is 8.89. The van der Waals surface area contributed by atoms with Crippen molar-refractivity contribution in [2.45, 2.75) is 28.7 Å². The van der Waals surface area contributed by atoms with Crippen LogP contribution in [0.3, 0.4) is 0 Å². The van der Waals surface area contributed by atoms with Gasteiger partial charge in [0, 0.05) is 24.0 Å². The Morgan fingerprint density at radius 3 is 2.06 bits per heavy atom. The number of nitrogens with zero attached hydrogens (tertiary/aromatic N) is 3. The number of imide groups is 1. The molecular weight excluding hydrogens is 635 g/mol. The molecule has 1 atom stereocenters. The van der Waals surface area contributed by atoms with E-state index in [0.29, 0.717) is 17.7 Å². The Kier molecular flexibility index (Phi) is 7.95. The first-order valence-electron chi connectivity index (χ1n) is 15.7. The highest BCUT2D eigenvalue weighted by Gasteiger charge is 2.43. The van der Waals surface area contributed by atoms with E-state index in [1.165, 1.54) is 0 Å². The first-order valence-corrected chi connectivity index (χ1v) is 16.6. The average molecular weight is 662 g/mol. The van der Waals surface area contributed by atoms with Crippen LogP contribution >= 0.6 is 11.8 Å². The number of hydrogen-bond acceptors (Lipinski definition) is 8. The van der Waals surface area contributed by atoms with Crippen LogP contribution in [0.2, 0.25) is 0 Å². The molecule has 0 fully saturated rings. The minimum absolute atomic E-state index is 0.0110. The van der Waals surface area contributed by atoms with Gasteiger partial charge in [0.1, 0.15) is 17.5 Å². The van der Waals surface area contributed by atoms with Crippen LogP contribution in [0.5, 0.6) is 17.4 Å². The van der Waals surface area contributed by atoms with Crippen molar-refractivity contribution in [3.05, 3.63) is 161 Å². The maximum absolute atomic E-state index is 14.1. The lowest BCUT2D eigenvalue weighted by molar-refractivity contribution is -0.139. The monoisotopic (exact) mass is 661 g/mol. The van der Waals surface area contributed by atoms with E-state index in [1.807, 2.05) is 109 Å². The Morgan fingerprint density at radius 2 is 1.33 bits per heavy atom. The number of para-hydroxylation sites is 1. The third-order valence-electron chi connectivity index (χ3n) is 8.48. The number of ether oxygens (including phenoxy) is 2. The molecule has 8 nitrogen and oxygen atoms in total. The smallest absolute Gasteiger partial charge is 0.336 e. The summed E-state index contributed by atoms with van der Waals surface area (Å²) < 4.78 is 12.1. The van der Waals surface area contributed by atoms with Crippen molar-refractivity contribution in [1.29, 1.82) is 0 Å². The lowest BCUT2D eigenvalue weighted by Gasteiger charge is -2.25. The molecule has 49 heavy (non-hydrogen) atoms. The van der Waals surface area contributed by atoms with Gasteiger partial charge in [-0.25, -0.2) is 4.79 Å². The Bertz CT molecular complexity index is 2210. The van der Waals surface area contributed by atoms with Gasteiger partial charge in [-0.2, -0.15) is 0 Å². The number of fused-ring (bicyclic) bond motifs is 3. The Morgan fingerprint density at radius 1 is 0.694 bits per heavy atom. The van der Waals surface area contributed by atoms with Crippen molar-refractivity contribution in [1.82, 2.24) is 15.1 Å². The lowest BCUT2D eigenvalue weighted by atomic mass is 10.0. The fourth-order valence-electron chi connectivity index (χ4n) is 6.05. The fourth-order valence-corrected chi connectivity index (χ4v) is 7.04. The summed E-state index contributed by atoms with van der Waals surface area (Å²) in [6.07, 6.45) is 0.473. The second kappa shape index (κ2) is 12.9. The van der Waals surface area contributed by atoms with Crippen LogP contribution in [0.15, 0.2) is 143 Å². The molecule has 2 aliphatic heterocycles. The van der Waals surface area contributed by atoms with Crippen LogP contribution < -0.4 is 9.47 Å². The van der Waals surface area contributed by atoms with Crippen molar-refractivity contribution < 1.29 is 23.9 Å². The molecule has 0 radical (unpaired) electrons. The molecule has 2 amide bonds. The summed E-state index contributed by atoms with van der Waals surface area (Å²) in [6, 6.07) is 39.9. The molecule has 0 aliphatic carbocycles. The Labute approximate surface area is 286 Å². The second-order valence-corrected chi connectivity index (χ2v) is 12.8. The van der Waals surface area contributed by atoms with Crippen molar-refractivity contribution in [2.24, 2.45) is 0 Å². The predicted octanol–water partition coefficient (Wildman–Crippen LogP) is 7.80. The zero-order valence-corrected chi connectivity index (χ0v) is 26.8. The Hall–Kier alpha value is -6.06. The average Bonchev–Trinajstić information content (AvgIpc) is 3.39. The van der Waals surface area contributed by atoms with Gasteiger partial charge in [-0.3, -0.25) is 14.5 Å². The van der Waals surface area contributed by atoms with E-state index in [-0.39, 0.29) is 23.4 Å². The summed E-state index contributed by atoms with van der Waals surface area (Å²) >= 11 is 1.62. The first-order chi connectivity index (χ1) is 24.0. The molecule has 6 aromatic rings. The van der Waals surface area contributed by atoms with Gasteiger partial charge in [0.25, 0.3) is 11.8 Å². The van der Waals surface area contributed by atoms with Gasteiger partial charge in [0.2, 0.25) is 5.88 Å². The predicted molar refractivity (Wildman–Crippen MR) is 184 cm³/mol. The third kappa shape index (κ3) is 5.96. The van der Waals surface area contributed by atoms with Crippen LogP contribution in [-0.4, -0.2) is 38.9 Å². The highest BCUT2D eigenvalue weighted by Crippen LogP contribution is 2.47. The lowest BCUT2D eigenvalue weighted by Crippen LogP contribution is -2.48. The number of rotatable bonds is 8. The molecule has 2 aliphatic rings. The van der Waals surface area contributed by atoms with E-state index in [0.717, 1.165) is 42.9 Å². The molecule has 8 rings (SSSR count). The quantitative estimate of drug-likeness (QED) is 0.120. The van der Waals surface area contributed by atoms with Crippen molar-refractivity contribution in [3.63, 3.8) is 0 Å². The van der Waals surface area contributed by atoms with Gasteiger partial charge in [-0.15, -0.1) is 10.2 Å². The molecule has 1 aromatic heterocycles. The topological polar surface area (TPSA) is 98.7 Å². The van der Waals surface area contributed by atoms with Crippen LogP contribution in [-0.2, 0) is 17.6 Å². The molecule has 0 bridgehead atoms. The minimum Gasteiger partial charge on any atom is -0.455 e.